The predicted molar refractivity (Wildman–Crippen MR) is 51.6 cm³/mol. The molecule has 0 bridgehead atoms. The van der Waals surface area contributed by atoms with Crippen LogP contribution in [0.15, 0.2) is 22.7 Å². The van der Waals surface area contributed by atoms with E-state index in [2.05, 4.69) is 14.7 Å². The molecule has 0 saturated carbocycles. The van der Waals surface area contributed by atoms with Crippen molar-refractivity contribution in [3.8, 4) is 0 Å². The van der Waals surface area contributed by atoms with Crippen LogP contribution < -0.4 is 5.73 Å². The number of benzene rings is 1. The van der Waals surface area contributed by atoms with Crippen molar-refractivity contribution in [2.24, 2.45) is 5.73 Å². The van der Waals surface area contributed by atoms with Gasteiger partial charge in [0.2, 0.25) is 0 Å². The number of aromatic nitrogens is 2. The molecular formula is C10H7F4N3O. The summed E-state index contributed by atoms with van der Waals surface area (Å²) in [4.78, 5) is 3.34. The number of hydrogen-bond acceptors (Lipinski definition) is 4. The van der Waals surface area contributed by atoms with Gasteiger partial charge in [0.15, 0.2) is 5.82 Å². The molecule has 1 aromatic carbocycles. The van der Waals surface area contributed by atoms with Gasteiger partial charge in [-0.15, -0.1) is 0 Å². The first-order valence-electron chi connectivity index (χ1n) is 4.81. The van der Waals surface area contributed by atoms with Gasteiger partial charge in [-0.25, -0.2) is 8.78 Å². The Morgan fingerprint density at radius 3 is 2.50 bits per heavy atom. The molecule has 0 fully saturated rings. The van der Waals surface area contributed by atoms with Crippen molar-refractivity contribution in [1.82, 2.24) is 10.1 Å². The standard InChI is InChI=1S/C10H7F4N3O/c11-4-1-2-5(6(12)3-4)7(15)9-16-10(8(13)14)18-17-9/h1-3,7-8H,15H2. The maximum atomic E-state index is 13.4. The van der Waals surface area contributed by atoms with Crippen LogP contribution in [-0.2, 0) is 0 Å². The second-order valence-electron chi connectivity index (χ2n) is 3.44. The normalized spacial score (nSPS) is 13.0. The second kappa shape index (κ2) is 4.73. The highest BCUT2D eigenvalue weighted by Gasteiger charge is 2.23. The highest BCUT2D eigenvalue weighted by molar-refractivity contribution is 5.26. The summed E-state index contributed by atoms with van der Waals surface area (Å²) >= 11 is 0. The number of alkyl halides is 2. The molecule has 0 radical (unpaired) electrons. The van der Waals surface area contributed by atoms with Crippen LogP contribution >= 0.6 is 0 Å². The highest BCUT2D eigenvalue weighted by atomic mass is 19.3. The lowest BCUT2D eigenvalue weighted by Gasteiger charge is -2.08. The van der Waals surface area contributed by atoms with Crippen molar-refractivity contribution in [3.05, 3.63) is 47.1 Å². The van der Waals surface area contributed by atoms with E-state index in [-0.39, 0.29) is 11.4 Å². The van der Waals surface area contributed by atoms with Gasteiger partial charge >= 0.3 is 6.43 Å². The number of nitrogens with two attached hydrogens (primary N) is 1. The molecule has 18 heavy (non-hydrogen) atoms. The van der Waals surface area contributed by atoms with Gasteiger partial charge in [0.05, 0.1) is 6.04 Å². The summed E-state index contributed by atoms with van der Waals surface area (Å²) in [6.45, 7) is 0. The van der Waals surface area contributed by atoms with Gasteiger partial charge in [0, 0.05) is 11.6 Å². The smallest absolute Gasteiger partial charge is 0.315 e. The molecule has 0 aliphatic rings. The Hall–Kier alpha value is -1.96. The zero-order valence-corrected chi connectivity index (χ0v) is 8.78. The molecule has 0 saturated heterocycles. The van der Waals surface area contributed by atoms with Crippen molar-refractivity contribution in [2.75, 3.05) is 0 Å². The van der Waals surface area contributed by atoms with E-state index in [9.17, 15) is 17.6 Å². The maximum absolute atomic E-state index is 13.4. The molecule has 0 aliphatic carbocycles. The van der Waals surface area contributed by atoms with Crippen molar-refractivity contribution in [3.63, 3.8) is 0 Å². The monoisotopic (exact) mass is 261 g/mol. The largest absolute Gasteiger partial charge is 0.333 e. The first kappa shape index (κ1) is 12.5. The Bertz CT molecular complexity index is 558. The lowest BCUT2D eigenvalue weighted by Crippen LogP contribution is -2.15. The fourth-order valence-electron chi connectivity index (χ4n) is 1.36. The molecule has 2 aromatic rings. The molecule has 2 N–H and O–H groups in total. The molecule has 4 nitrogen and oxygen atoms in total. The third-order valence-electron chi connectivity index (χ3n) is 2.22. The van der Waals surface area contributed by atoms with Crippen LogP contribution in [0.25, 0.3) is 0 Å². The second-order valence-corrected chi connectivity index (χ2v) is 3.44. The average molecular weight is 261 g/mol. The number of nitrogens with zero attached hydrogens (tertiary/aromatic N) is 2. The molecule has 8 heteroatoms. The van der Waals surface area contributed by atoms with Crippen molar-refractivity contribution in [2.45, 2.75) is 12.5 Å². The van der Waals surface area contributed by atoms with Crippen LogP contribution in [-0.4, -0.2) is 10.1 Å². The molecule has 1 unspecified atom stereocenters. The summed E-state index contributed by atoms with van der Waals surface area (Å²) in [7, 11) is 0. The van der Waals surface area contributed by atoms with E-state index < -0.39 is 30.0 Å². The average Bonchev–Trinajstić information content (AvgIpc) is 2.77. The lowest BCUT2D eigenvalue weighted by molar-refractivity contribution is 0.106. The number of hydrogen-bond donors (Lipinski definition) is 1. The van der Waals surface area contributed by atoms with E-state index in [1.807, 2.05) is 0 Å². The van der Waals surface area contributed by atoms with Gasteiger partial charge in [0.25, 0.3) is 5.89 Å². The van der Waals surface area contributed by atoms with Crippen LogP contribution in [0.5, 0.6) is 0 Å². The summed E-state index contributed by atoms with van der Waals surface area (Å²) in [5, 5.41) is 3.23. The summed E-state index contributed by atoms with van der Waals surface area (Å²) in [5.41, 5.74) is 5.48. The molecule has 1 aromatic heterocycles. The van der Waals surface area contributed by atoms with E-state index in [0.29, 0.717) is 6.07 Å². The number of halogens is 4. The predicted octanol–water partition coefficient (Wildman–Crippen LogP) is 2.33. The van der Waals surface area contributed by atoms with Crippen LogP contribution in [0.4, 0.5) is 17.6 Å². The van der Waals surface area contributed by atoms with Crippen LogP contribution in [0, 0.1) is 11.6 Å². The van der Waals surface area contributed by atoms with Gasteiger partial charge in [-0.1, -0.05) is 11.2 Å². The van der Waals surface area contributed by atoms with Crippen molar-refractivity contribution in [1.29, 1.82) is 0 Å². The molecule has 1 atom stereocenters. The molecule has 96 valence electrons. The summed E-state index contributed by atoms with van der Waals surface area (Å²) in [6, 6.07) is 1.51. The Balaban J connectivity index is 2.32. The van der Waals surface area contributed by atoms with Crippen LogP contribution in [0.2, 0.25) is 0 Å². The third-order valence-corrected chi connectivity index (χ3v) is 2.22. The highest BCUT2D eigenvalue weighted by Crippen LogP contribution is 2.23. The van der Waals surface area contributed by atoms with Crippen LogP contribution in [0.1, 0.15) is 29.7 Å². The molecule has 1 heterocycles. The Morgan fingerprint density at radius 2 is 1.94 bits per heavy atom. The zero-order valence-electron chi connectivity index (χ0n) is 8.78. The Kier molecular flexibility index (Phi) is 3.28. The summed E-state index contributed by atoms with van der Waals surface area (Å²) in [5.74, 6) is -2.88. The van der Waals surface area contributed by atoms with E-state index in [1.165, 1.54) is 0 Å². The SMILES string of the molecule is NC(c1noc(C(F)F)n1)c1ccc(F)cc1F. The van der Waals surface area contributed by atoms with Crippen LogP contribution in [0.3, 0.4) is 0 Å². The molecule has 2 rings (SSSR count). The van der Waals surface area contributed by atoms with Crippen molar-refractivity contribution >= 4 is 0 Å². The maximum Gasteiger partial charge on any atom is 0.315 e. The third kappa shape index (κ3) is 2.33. The molecule has 0 aliphatic heterocycles. The lowest BCUT2D eigenvalue weighted by atomic mass is 10.1. The summed E-state index contributed by atoms with van der Waals surface area (Å²) in [6.07, 6.45) is -2.93. The molecule has 0 spiro atoms. The van der Waals surface area contributed by atoms with Gasteiger partial charge in [-0.05, 0) is 6.07 Å². The Morgan fingerprint density at radius 1 is 1.22 bits per heavy atom. The minimum atomic E-state index is -2.93. The first-order chi connectivity index (χ1) is 8.49. The quantitative estimate of drug-likeness (QED) is 0.861. The van der Waals surface area contributed by atoms with Crippen molar-refractivity contribution < 1.29 is 22.1 Å². The van der Waals surface area contributed by atoms with Gasteiger partial charge < -0.3 is 10.3 Å². The fraction of sp³-hybridized carbons (Fsp3) is 0.200. The van der Waals surface area contributed by atoms with E-state index >= 15 is 0 Å². The minimum Gasteiger partial charge on any atom is -0.333 e. The topological polar surface area (TPSA) is 64.9 Å². The van der Waals surface area contributed by atoms with Gasteiger partial charge in [-0.2, -0.15) is 13.8 Å². The molecular weight excluding hydrogens is 254 g/mol. The minimum absolute atomic E-state index is 0.113. The Labute approximate surface area is 98.4 Å². The fourth-order valence-corrected chi connectivity index (χ4v) is 1.36. The van der Waals surface area contributed by atoms with E-state index in [4.69, 9.17) is 5.73 Å². The van der Waals surface area contributed by atoms with Gasteiger partial charge in [0.1, 0.15) is 11.6 Å². The number of rotatable bonds is 3. The summed E-state index contributed by atoms with van der Waals surface area (Å²) < 4.78 is 54.8. The van der Waals surface area contributed by atoms with E-state index in [0.717, 1.165) is 12.1 Å². The first-order valence-corrected chi connectivity index (χ1v) is 4.81. The zero-order chi connectivity index (χ0) is 13.3. The molecule has 0 amide bonds. The van der Waals surface area contributed by atoms with E-state index in [1.54, 1.807) is 0 Å². The van der Waals surface area contributed by atoms with Gasteiger partial charge in [-0.3, -0.25) is 0 Å².